The highest BCUT2D eigenvalue weighted by Gasteiger charge is 2.42. The first-order chi connectivity index (χ1) is 16.9. The van der Waals surface area contributed by atoms with Crippen molar-refractivity contribution in [3.05, 3.63) is 28.7 Å². The zero-order valence-corrected chi connectivity index (χ0v) is 22.5. The fourth-order valence-corrected chi connectivity index (χ4v) is 7.63. The lowest BCUT2D eigenvalue weighted by Gasteiger charge is -2.40. The molecule has 3 aliphatic rings. The number of nitrogens with zero attached hydrogens (tertiary/aromatic N) is 4. The molecule has 1 saturated carbocycles. The molecule has 1 N–H and O–H groups in total. The molecule has 2 aromatic rings. The third kappa shape index (κ3) is 5.15. The first-order valence-corrected chi connectivity index (χ1v) is 14.4. The molecule has 5 rings (SSSR count). The fourth-order valence-electron chi connectivity index (χ4n) is 6.72. The van der Waals surface area contributed by atoms with E-state index in [2.05, 4.69) is 51.8 Å². The van der Waals surface area contributed by atoms with Crippen LogP contribution in [0.5, 0.6) is 5.06 Å². The summed E-state index contributed by atoms with van der Waals surface area (Å²) in [5, 5.41) is 13.2. The highest BCUT2D eigenvalue weighted by atomic mass is 32.1. The summed E-state index contributed by atoms with van der Waals surface area (Å²) in [6, 6.07) is 5.91. The molecule has 1 aliphatic carbocycles. The van der Waals surface area contributed by atoms with Crippen molar-refractivity contribution in [3.8, 4) is 5.06 Å². The topological polar surface area (TPSA) is 72.3 Å². The van der Waals surface area contributed by atoms with Crippen LogP contribution in [0.3, 0.4) is 0 Å². The van der Waals surface area contributed by atoms with Crippen LogP contribution in [0.2, 0.25) is 0 Å². The minimum atomic E-state index is 0.0572. The van der Waals surface area contributed by atoms with Gasteiger partial charge in [0.15, 0.2) is 5.06 Å². The third-order valence-electron chi connectivity index (χ3n) is 8.50. The summed E-state index contributed by atoms with van der Waals surface area (Å²) in [4.78, 5) is 17.0. The summed E-state index contributed by atoms with van der Waals surface area (Å²) in [6.07, 6.45) is 10.2. The molecule has 2 aliphatic heterocycles. The van der Waals surface area contributed by atoms with Crippen molar-refractivity contribution in [2.75, 3.05) is 13.7 Å². The summed E-state index contributed by atoms with van der Waals surface area (Å²) >= 11 is 1.66. The van der Waals surface area contributed by atoms with E-state index in [4.69, 9.17) is 4.74 Å². The van der Waals surface area contributed by atoms with E-state index in [1.165, 1.54) is 43.4 Å². The van der Waals surface area contributed by atoms with Gasteiger partial charge in [-0.25, -0.2) is 0 Å². The van der Waals surface area contributed by atoms with Crippen LogP contribution in [0, 0.1) is 12.8 Å². The van der Waals surface area contributed by atoms with Crippen LogP contribution in [-0.2, 0) is 4.79 Å². The van der Waals surface area contributed by atoms with Crippen LogP contribution in [0.1, 0.15) is 106 Å². The average Bonchev–Trinajstić information content (AvgIpc) is 3.63. The van der Waals surface area contributed by atoms with E-state index < -0.39 is 0 Å². The van der Waals surface area contributed by atoms with Gasteiger partial charge >= 0.3 is 0 Å². The molecule has 0 spiro atoms. The molecule has 2 bridgehead atoms. The second-order valence-electron chi connectivity index (χ2n) is 11.1. The van der Waals surface area contributed by atoms with Crippen LogP contribution in [-0.4, -0.2) is 51.3 Å². The molecule has 0 radical (unpaired) electrons. The van der Waals surface area contributed by atoms with Crippen molar-refractivity contribution in [2.24, 2.45) is 5.92 Å². The SMILES string of the molecule is COc1ccc([C@H](CCN2[C@H]3CC[C@H]2CC(n2c(C)nnc2C(C)C)C3)NC(=O)C2CCCC2)s1. The second kappa shape index (κ2) is 10.6. The summed E-state index contributed by atoms with van der Waals surface area (Å²) in [5.41, 5.74) is 0. The molecular weight excluding hydrogens is 458 g/mol. The number of ether oxygens (including phenoxy) is 1. The Morgan fingerprint density at radius 3 is 2.46 bits per heavy atom. The maximum absolute atomic E-state index is 13.0. The Morgan fingerprint density at radius 1 is 1.11 bits per heavy atom. The van der Waals surface area contributed by atoms with Gasteiger partial charge in [0.05, 0.1) is 13.2 Å². The van der Waals surface area contributed by atoms with Crippen LogP contribution in [0.15, 0.2) is 12.1 Å². The largest absolute Gasteiger partial charge is 0.487 e. The van der Waals surface area contributed by atoms with Gasteiger partial charge in [-0.1, -0.05) is 26.7 Å². The lowest BCUT2D eigenvalue weighted by Crippen LogP contribution is -2.45. The van der Waals surface area contributed by atoms with Crippen molar-refractivity contribution in [2.45, 2.75) is 109 Å². The van der Waals surface area contributed by atoms with Crippen molar-refractivity contribution < 1.29 is 9.53 Å². The van der Waals surface area contributed by atoms with Crippen LogP contribution in [0.4, 0.5) is 0 Å². The number of amides is 1. The maximum atomic E-state index is 13.0. The Morgan fingerprint density at radius 2 is 1.83 bits per heavy atom. The van der Waals surface area contributed by atoms with Crippen LogP contribution in [0.25, 0.3) is 0 Å². The standard InChI is InChI=1S/C27H41N5O2S/c1-17(2)26-30-29-18(3)32(26)22-15-20-9-10-21(16-22)31(20)14-13-23(24-11-12-25(34-4)35-24)28-27(33)19-7-5-6-8-19/h11-12,17,19-23H,5-10,13-16H2,1-4H3,(H,28,33)/t20-,21-,23-/m0/s1. The number of hydrogen-bond donors (Lipinski definition) is 1. The predicted octanol–water partition coefficient (Wildman–Crippen LogP) is 5.39. The molecule has 1 amide bonds. The number of rotatable bonds is 9. The van der Waals surface area contributed by atoms with Gasteiger partial charge in [0, 0.05) is 41.4 Å². The molecule has 4 heterocycles. The van der Waals surface area contributed by atoms with Gasteiger partial charge in [0.25, 0.3) is 0 Å². The van der Waals surface area contributed by atoms with Gasteiger partial charge in [0.2, 0.25) is 5.91 Å². The average molecular weight is 500 g/mol. The van der Waals surface area contributed by atoms with E-state index in [1.807, 2.05) is 6.07 Å². The number of fused-ring (bicyclic) bond motifs is 2. The third-order valence-corrected chi connectivity index (χ3v) is 9.66. The normalized spacial score (nSPS) is 25.9. The number of carbonyl (C=O) groups excluding carboxylic acids is 1. The minimum absolute atomic E-state index is 0.0572. The summed E-state index contributed by atoms with van der Waals surface area (Å²) in [6.45, 7) is 7.54. The second-order valence-corrected chi connectivity index (χ2v) is 12.1. The molecular formula is C27H41N5O2S. The Hall–Kier alpha value is -1.93. The summed E-state index contributed by atoms with van der Waals surface area (Å²) in [7, 11) is 1.71. The molecule has 3 fully saturated rings. The lowest BCUT2D eigenvalue weighted by atomic mass is 9.95. The van der Waals surface area contributed by atoms with Crippen molar-refractivity contribution in [1.82, 2.24) is 25.0 Å². The number of thiophene rings is 1. The summed E-state index contributed by atoms with van der Waals surface area (Å²) in [5.74, 6) is 2.99. The Labute approximate surface area is 213 Å². The first kappa shape index (κ1) is 24.8. The quantitative estimate of drug-likeness (QED) is 0.501. The van der Waals surface area contributed by atoms with E-state index in [-0.39, 0.29) is 17.9 Å². The highest BCUT2D eigenvalue weighted by molar-refractivity contribution is 7.13. The van der Waals surface area contributed by atoms with Crippen LogP contribution >= 0.6 is 11.3 Å². The van der Waals surface area contributed by atoms with Crippen LogP contribution < -0.4 is 10.1 Å². The molecule has 7 nitrogen and oxygen atoms in total. The Bertz CT molecular complexity index is 997. The Kier molecular flexibility index (Phi) is 7.49. The first-order valence-electron chi connectivity index (χ1n) is 13.6. The molecule has 192 valence electrons. The van der Waals surface area contributed by atoms with Gasteiger partial charge in [0.1, 0.15) is 11.6 Å². The summed E-state index contributed by atoms with van der Waals surface area (Å²) < 4.78 is 7.88. The fraction of sp³-hybridized carbons (Fsp3) is 0.741. The number of aromatic nitrogens is 3. The van der Waals surface area contributed by atoms with E-state index in [0.717, 1.165) is 42.5 Å². The number of hydrogen-bond acceptors (Lipinski definition) is 6. The van der Waals surface area contributed by atoms with E-state index >= 15 is 0 Å². The molecule has 2 aromatic heterocycles. The number of piperidine rings is 1. The van der Waals surface area contributed by atoms with Gasteiger partial charge in [-0.05, 0) is 64.0 Å². The molecule has 35 heavy (non-hydrogen) atoms. The van der Waals surface area contributed by atoms with Gasteiger partial charge in [-0.15, -0.1) is 21.5 Å². The van der Waals surface area contributed by atoms with E-state index in [9.17, 15) is 4.79 Å². The number of nitrogens with one attached hydrogen (secondary N) is 1. The molecule has 0 unspecified atom stereocenters. The van der Waals surface area contributed by atoms with E-state index in [1.54, 1.807) is 18.4 Å². The maximum Gasteiger partial charge on any atom is 0.223 e. The van der Waals surface area contributed by atoms with E-state index in [0.29, 0.717) is 24.0 Å². The molecule has 3 atom stereocenters. The zero-order chi connectivity index (χ0) is 24.5. The molecule has 8 heteroatoms. The van der Waals surface area contributed by atoms with Crippen molar-refractivity contribution >= 4 is 17.2 Å². The van der Waals surface area contributed by atoms with Gasteiger partial charge < -0.3 is 14.6 Å². The van der Waals surface area contributed by atoms with Gasteiger partial charge in [-0.2, -0.15) is 0 Å². The number of aryl methyl sites for hydroxylation is 1. The van der Waals surface area contributed by atoms with Gasteiger partial charge in [-0.3, -0.25) is 9.69 Å². The highest BCUT2D eigenvalue weighted by Crippen LogP contribution is 2.43. The lowest BCUT2D eigenvalue weighted by molar-refractivity contribution is -0.125. The zero-order valence-electron chi connectivity index (χ0n) is 21.7. The van der Waals surface area contributed by atoms with Crippen molar-refractivity contribution in [1.29, 1.82) is 0 Å². The number of methoxy groups -OCH3 is 1. The molecule has 0 aromatic carbocycles. The predicted molar refractivity (Wildman–Crippen MR) is 139 cm³/mol. The molecule has 2 saturated heterocycles. The minimum Gasteiger partial charge on any atom is -0.487 e. The smallest absolute Gasteiger partial charge is 0.223 e. The number of carbonyl (C=O) groups is 1. The Balaban J connectivity index is 1.26. The monoisotopic (exact) mass is 499 g/mol. The van der Waals surface area contributed by atoms with Crippen molar-refractivity contribution in [3.63, 3.8) is 0 Å².